The molecule has 0 amide bonds. The third-order valence-electron chi connectivity index (χ3n) is 4.36. The molecule has 1 aromatic carbocycles. The maximum atomic E-state index is 12.8. The van der Waals surface area contributed by atoms with E-state index >= 15 is 0 Å². The first-order valence-electron chi connectivity index (χ1n) is 8.15. The van der Waals surface area contributed by atoms with Gasteiger partial charge in [0.1, 0.15) is 0 Å². The molecule has 0 bridgehead atoms. The predicted molar refractivity (Wildman–Crippen MR) is 93.4 cm³/mol. The fourth-order valence-electron chi connectivity index (χ4n) is 2.93. The quantitative estimate of drug-likeness (QED) is 0.741. The van der Waals surface area contributed by atoms with Crippen LogP contribution in [0.15, 0.2) is 41.8 Å². The molecule has 0 saturated carbocycles. The molecule has 1 aliphatic heterocycles. The van der Waals surface area contributed by atoms with Gasteiger partial charge in [-0.25, -0.2) is 0 Å². The topological polar surface area (TPSA) is 23.6 Å². The number of Topliss-reactive ketones (excluding diaryl/α,β-unsaturated/α-hetero) is 1. The van der Waals surface area contributed by atoms with Gasteiger partial charge in [0.25, 0.3) is 0 Å². The lowest BCUT2D eigenvalue weighted by Crippen LogP contribution is -2.47. The molecule has 1 aliphatic rings. The summed E-state index contributed by atoms with van der Waals surface area (Å²) >= 11 is 1.45. The first-order valence-corrected chi connectivity index (χ1v) is 9.03. The van der Waals surface area contributed by atoms with E-state index in [0.29, 0.717) is 31.7 Å². The molecule has 3 rings (SSSR count). The number of benzene rings is 1. The fourth-order valence-corrected chi connectivity index (χ4v) is 3.62. The number of hydrogen-bond donors (Lipinski definition) is 0. The highest BCUT2D eigenvalue weighted by Gasteiger charge is 2.31. The zero-order valence-electron chi connectivity index (χ0n) is 13.6. The maximum absolute atomic E-state index is 12.8. The summed E-state index contributed by atoms with van der Waals surface area (Å²) in [7, 11) is 0. The third kappa shape index (κ3) is 4.61. The summed E-state index contributed by atoms with van der Waals surface area (Å²) < 4.78 is 38.5. The zero-order chi connectivity index (χ0) is 17.9. The molecule has 134 valence electrons. The van der Waals surface area contributed by atoms with Crippen LogP contribution in [0.5, 0.6) is 0 Å². The van der Waals surface area contributed by atoms with E-state index in [2.05, 4.69) is 4.90 Å². The smallest absolute Gasteiger partial charge is 0.369 e. The second-order valence-corrected chi connectivity index (χ2v) is 6.97. The summed E-state index contributed by atoms with van der Waals surface area (Å²) in [6.07, 6.45) is -3.84. The van der Waals surface area contributed by atoms with E-state index < -0.39 is 11.7 Å². The van der Waals surface area contributed by atoms with Crippen LogP contribution < -0.4 is 4.90 Å². The van der Waals surface area contributed by atoms with Crippen LogP contribution in [0.4, 0.5) is 18.9 Å². The van der Waals surface area contributed by atoms with Gasteiger partial charge < -0.3 is 4.90 Å². The van der Waals surface area contributed by atoms with Crippen molar-refractivity contribution in [1.29, 1.82) is 0 Å². The molecule has 1 saturated heterocycles. The van der Waals surface area contributed by atoms with Gasteiger partial charge in [-0.1, -0.05) is 12.1 Å². The van der Waals surface area contributed by atoms with Gasteiger partial charge in [-0.05, 0) is 29.6 Å². The lowest BCUT2D eigenvalue weighted by Gasteiger charge is -2.36. The van der Waals surface area contributed by atoms with E-state index in [1.165, 1.54) is 23.5 Å². The second-order valence-electron chi connectivity index (χ2n) is 6.03. The highest BCUT2D eigenvalue weighted by Crippen LogP contribution is 2.31. The Labute approximate surface area is 148 Å². The molecule has 0 aliphatic carbocycles. The van der Waals surface area contributed by atoms with E-state index in [9.17, 15) is 18.0 Å². The molecule has 0 spiro atoms. The predicted octanol–water partition coefficient (Wildman–Crippen LogP) is 4.16. The summed E-state index contributed by atoms with van der Waals surface area (Å²) in [6, 6.07) is 9.16. The first-order chi connectivity index (χ1) is 11.9. The second kappa shape index (κ2) is 7.58. The Balaban J connectivity index is 1.51. The van der Waals surface area contributed by atoms with Gasteiger partial charge in [-0.2, -0.15) is 13.2 Å². The van der Waals surface area contributed by atoms with Gasteiger partial charge in [0.05, 0.1) is 10.4 Å². The molecule has 0 radical (unpaired) electrons. The van der Waals surface area contributed by atoms with Gasteiger partial charge in [-0.3, -0.25) is 9.69 Å². The van der Waals surface area contributed by atoms with Crippen LogP contribution in [0.3, 0.4) is 0 Å². The Hall–Kier alpha value is -1.86. The monoisotopic (exact) mass is 368 g/mol. The Morgan fingerprint density at radius 2 is 1.84 bits per heavy atom. The van der Waals surface area contributed by atoms with Crippen LogP contribution in [0, 0.1) is 0 Å². The third-order valence-corrected chi connectivity index (χ3v) is 5.27. The minimum atomic E-state index is -4.32. The van der Waals surface area contributed by atoms with Crippen molar-refractivity contribution in [1.82, 2.24) is 4.90 Å². The van der Waals surface area contributed by atoms with Crippen molar-refractivity contribution in [2.24, 2.45) is 0 Å². The molecular weight excluding hydrogens is 349 g/mol. The number of alkyl halides is 3. The normalized spacial score (nSPS) is 16.2. The fraction of sp³-hybridized carbons (Fsp3) is 0.389. The van der Waals surface area contributed by atoms with Crippen molar-refractivity contribution in [3.63, 3.8) is 0 Å². The standard InChI is InChI=1S/C18H19F3N2OS/c19-18(20,21)14-3-1-4-15(13-14)23-10-8-22(9-11-23)7-6-16(24)17-5-2-12-25-17/h1-5,12-13H,6-11H2. The lowest BCUT2D eigenvalue weighted by molar-refractivity contribution is -0.137. The SMILES string of the molecule is O=C(CCN1CCN(c2cccc(C(F)(F)F)c2)CC1)c1cccs1. The Kier molecular flexibility index (Phi) is 5.44. The molecular formula is C18H19F3N2OS. The lowest BCUT2D eigenvalue weighted by atomic mass is 10.1. The summed E-state index contributed by atoms with van der Waals surface area (Å²) in [5.74, 6) is 0.148. The van der Waals surface area contributed by atoms with Crippen molar-refractivity contribution >= 4 is 22.8 Å². The Morgan fingerprint density at radius 1 is 1.08 bits per heavy atom. The number of piperazine rings is 1. The van der Waals surface area contributed by atoms with Crippen LogP contribution in [-0.2, 0) is 6.18 Å². The van der Waals surface area contributed by atoms with Crippen molar-refractivity contribution in [2.45, 2.75) is 12.6 Å². The van der Waals surface area contributed by atoms with Gasteiger partial charge in [0, 0.05) is 44.8 Å². The summed E-state index contributed by atoms with van der Waals surface area (Å²) in [6.45, 7) is 3.50. The van der Waals surface area contributed by atoms with E-state index in [-0.39, 0.29) is 5.78 Å². The molecule has 3 nitrogen and oxygen atoms in total. The summed E-state index contributed by atoms with van der Waals surface area (Å²) in [5, 5.41) is 1.89. The minimum absolute atomic E-state index is 0.148. The van der Waals surface area contributed by atoms with Crippen LogP contribution in [0.1, 0.15) is 21.7 Å². The number of halogens is 3. The number of ketones is 1. The number of carbonyl (C=O) groups is 1. The van der Waals surface area contributed by atoms with Crippen molar-refractivity contribution in [3.8, 4) is 0 Å². The van der Waals surface area contributed by atoms with Gasteiger partial charge in [-0.15, -0.1) is 11.3 Å². The molecule has 0 unspecified atom stereocenters. The number of anilines is 1. The zero-order valence-corrected chi connectivity index (χ0v) is 14.4. The van der Waals surface area contributed by atoms with Gasteiger partial charge in [0.2, 0.25) is 0 Å². The van der Waals surface area contributed by atoms with Crippen LogP contribution in [0.2, 0.25) is 0 Å². The van der Waals surface area contributed by atoms with Crippen molar-refractivity contribution in [2.75, 3.05) is 37.6 Å². The van der Waals surface area contributed by atoms with E-state index in [4.69, 9.17) is 0 Å². The number of thiophene rings is 1. The number of nitrogens with zero attached hydrogens (tertiary/aromatic N) is 2. The highest BCUT2D eigenvalue weighted by molar-refractivity contribution is 7.12. The van der Waals surface area contributed by atoms with Gasteiger partial charge >= 0.3 is 6.18 Å². The molecule has 0 atom stereocenters. The number of carbonyl (C=O) groups excluding carboxylic acids is 1. The first kappa shape index (κ1) is 17.9. The van der Waals surface area contributed by atoms with Gasteiger partial charge in [0.15, 0.2) is 5.78 Å². The molecule has 0 N–H and O–H groups in total. The largest absolute Gasteiger partial charge is 0.416 e. The van der Waals surface area contributed by atoms with Crippen LogP contribution >= 0.6 is 11.3 Å². The molecule has 7 heteroatoms. The minimum Gasteiger partial charge on any atom is -0.369 e. The molecule has 1 fully saturated rings. The summed E-state index contributed by atoms with van der Waals surface area (Å²) in [5.41, 5.74) is -0.0156. The average molecular weight is 368 g/mol. The van der Waals surface area contributed by atoms with Crippen LogP contribution in [-0.4, -0.2) is 43.4 Å². The molecule has 2 heterocycles. The average Bonchev–Trinajstić information content (AvgIpc) is 3.14. The molecule has 1 aromatic heterocycles. The van der Waals surface area contributed by atoms with E-state index in [0.717, 1.165) is 24.0 Å². The van der Waals surface area contributed by atoms with Crippen molar-refractivity contribution in [3.05, 3.63) is 52.2 Å². The molecule has 2 aromatic rings. The summed E-state index contributed by atoms with van der Waals surface area (Å²) in [4.78, 5) is 17.0. The van der Waals surface area contributed by atoms with Crippen molar-refractivity contribution < 1.29 is 18.0 Å². The van der Waals surface area contributed by atoms with E-state index in [1.54, 1.807) is 6.07 Å². The number of hydrogen-bond acceptors (Lipinski definition) is 4. The maximum Gasteiger partial charge on any atom is 0.416 e. The Morgan fingerprint density at radius 3 is 2.48 bits per heavy atom. The Bertz CT molecular complexity index is 707. The number of rotatable bonds is 5. The van der Waals surface area contributed by atoms with E-state index in [1.807, 2.05) is 22.4 Å². The molecule has 25 heavy (non-hydrogen) atoms. The highest BCUT2D eigenvalue weighted by atomic mass is 32.1. The van der Waals surface area contributed by atoms with Crippen LogP contribution in [0.25, 0.3) is 0 Å².